The monoisotopic (exact) mass is 427 g/mol. The number of hydrogen-bond acceptors (Lipinski definition) is 6. The molecule has 2 amide bonds. The number of likely N-dealkylation sites (tertiary alicyclic amines) is 1. The lowest BCUT2D eigenvalue weighted by Gasteiger charge is -2.53. The third kappa shape index (κ3) is 5.79. The number of nitriles is 1. The van der Waals surface area contributed by atoms with Crippen LogP contribution in [0.3, 0.4) is 0 Å². The summed E-state index contributed by atoms with van der Waals surface area (Å²) in [7, 11) is 0. The first-order valence-electron chi connectivity index (χ1n) is 10.6. The number of amides is 2. The van der Waals surface area contributed by atoms with E-state index in [4.69, 9.17) is 10.1 Å². The van der Waals surface area contributed by atoms with Gasteiger partial charge in [-0.05, 0) is 51.0 Å². The Morgan fingerprint density at radius 3 is 2.37 bits per heavy atom. The number of nitrogens with one attached hydrogen (secondary N) is 2. The van der Waals surface area contributed by atoms with Gasteiger partial charge in [0.1, 0.15) is 11.6 Å². The number of carbonyl (C=O) groups is 2. The first kappa shape index (κ1) is 22.7. The van der Waals surface area contributed by atoms with Crippen LogP contribution in [0.1, 0.15) is 52.4 Å². The van der Waals surface area contributed by atoms with Crippen LogP contribution in [0.5, 0.6) is 0 Å². The molecule has 30 heavy (non-hydrogen) atoms. The number of alkyl halides is 2. The third-order valence-electron chi connectivity index (χ3n) is 6.15. The van der Waals surface area contributed by atoms with Crippen molar-refractivity contribution in [2.75, 3.05) is 32.7 Å². The highest BCUT2D eigenvalue weighted by molar-refractivity contribution is 5.86. The van der Waals surface area contributed by atoms with Crippen molar-refractivity contribution in [2.45, 2.75) is 69.9 Å². The largest absolute Gasteiger partial charge is 0.426 e. The Bertz CT molecular complexity index is 686. The van der Waals surface area contributed by atoms with Crippen LogP contribution >= 0.6 is 0 Å². The molecule has 168 valence electrons. The zero-order chi connectivity index (χ0) is 22.0. The normalized spacial score (nSPS) is 23.7. The van der Waals surface area contributed by atoms with Crippen LogP contribution in [-0.4, -0.2) is 72.2 Å². The van der Waals surface area contributed by atoms with E-state index in [2.05, 4.69) is 22.5 Å². The number of piperidine rings is 1. The van der Waals surface area contributed by atoms with Crippen molar-refractivity contribution in [3.63, 3.8) is 0 Å². The molecule has 0 bridgehead atoms. The molecule has 8 nitrogen and oxygen atoms in total. The van der Waals surface area contributed by atoms with E-state index in [-0.39, 0.29) is 5.41 Å². The van der Waals surface area contributed by atoms with Gasteiger partial charge in [-0.25, -0.2) is 13.6 Å². The predicted octanol–water partition coefficient (Wildman–Crippen LogP) is 2.02. The maximum absolute atomic E-state index is 13.5. The van der Waals surface area contributed by atoms with E-state index < -0.39 is 35.9 Å². The fourth-order valence-corrected chi connectivity index (χ4v) is 4.31. The molecule has 0 aromatic heterocycles. The average Bonchev–Trinajstić information content (AvgIpc) is 3.40. The summed E-state index contributed by atoms with van der Waals surface area (Å²) in [4.78, 5) is 32.4. The maximum Gasteiger partial charge on any atom is 0.426 e. The Morgan fingerprint density at radius 2 is 1.87 bits per heavy atom. The van der Waals surface area contributed by atoms with Crippen molar-refractivity contribution in [1.29, 1.82) is 5.26 Å². The molecule has 2 N–H and O–H groups in total. The molecule has 1 spiro atoms. The lowest BCUT2D eigenvalue weighted by Crippen LogP contribution is -2.60. The molecule has 1 saturated carbocycles. The number of rotatable bonds is 8. The molecule has 0 aromatic rings. The summed E-state index contributed by atoms with van der Waals surface area (Å²) in [5.41, 5.74) is -0.715. The van der Waals surface area contributed by atoms with E-state index in [1.165, 1.54) is 5.06 Å². The Hall–Kier alpha value is -1.99. The highest BCUT2D eigenvalue weighted by Crippen LogP contribution is 2.40. The van der Waals surface area contributed by atoms with Crippen molar-refractivity contribution in [3.05, 3.63) is 0 Å². The van der Waals surface area contributed by atoms with Gasteiger partial charge in [0, 0.05) is 32.6 Å². The molecule has 3 rings (SSSR count). The van der Waals surface area contributed by atoms with Gasteiger partial charge in [-0.1, -0.05) is 6.92 Å². The number of nitrogens with zero attached hydrogens (tertiary/aromatic N) is 3. The van der Waals surface area contributed by atoms with Crippen LogP contribution in [0.25, 0.3) is 0 Å². The minimum absolute atomic E-state index is 0.286. The predicted molar refractivity (Wildman–Crippen MR) is 104 cm³/mol. The van der Waals surface area contributed by atoms with Crippen molar-refractivity contribution >= 4 is 12.0 Å². The van der Waals surface area contributed by atoms with Crippen LogP contribution in [0.4, 0.5) is 13.6 Å². The molecule has 3 fully saturated rings. The van der Waals surface area contributed by atoms with E-state index >= 15 is 0 Å². The van der Waals surface area contributed by atoms with Crippen LogP contribution in [-0.2, 0) is 9.63 Å². The van der Waals surface area contributed by atoms with Crippen LogP contribution in [0.2, 0.25) is 0 Å². The quantitative estimate of drug-likeness (QED) is 0.615. The first-order chi connectivity index (χ1) is 14.1. The molecule has 3 aliphatic rings. The number of hydroxylamine groups is 2. The van der Waals surface area contributed by atoms with E-state index in [1.54, 1.807) is 0 Å². The second kappa shape index (κ2) is 8.63. The Kier molecular flexibility index (Phi) is 6.53. The second-order valence-corrected chi connectivity index (χ2v) is 9.17. The SMILES string of the molecule is CCCN1CC2(CCN(OC(=O)N[C@@H](CC(C)(F)F)C(=O)NC3(C#N)CC3)CC2)C1. The standard InChI is InChI=1S/C20H31F2N5O3/c1-3-8-26-13-19(14-26)6-9-27(10-7-19)30-17(29)24-15(11-18(2,21)22)16(28)25-20(12-23)4-5-20/h15H,3-11,13-14H2,1-2H3,(H,24,29)(H,25,28)/t15-/m0/s1. The van der Waals surface area contributed by atoms with Crippen LogP contribution in [0.15, 0.2) is 0 Å². The molecule has 0 radical (unpaired) electrons. The summed E-state index contributed by atoms with van der Waals surface area (Å²) < 4.78 is 27.1. The zero-order valence-electron chi connectivity index (χ0n) is 17.7. The zero-order valence-corrected chi connectivity index (χ0v) is 17.7. The first-order valence-corrected chi connectivity index (χ1v) is 10.6. The summed E-state index contributed by atoms with van der Waals surface area (Å²) in [6, 6.07) is 0.497. The van der Waals surface area contributed by atoms with Crippen molar-refractivity contribution in [1.82, 2.24) is 20.6 Å². The van der Waals surface area contributed by atoms with E-state index in [1.807, 2.05) is 6.07 Å². The lowest BCUT2D eigenvalue weighted by atomic mass is 9.72. The number of carbonyl (C=O) groups excluding carboxylic acids is 2. The second-order valence-electron chi connectivity index (χ2n) is 9.17. The Balaban J connectivity index is 1.47. The molecule has 0 unspecified atom stereocenters. The molecule has 1 aliphatic carbocycles. The van der Waals surface area contributed by atoms with Gasteiger partial charge < -0.3 is 20.4 Å². The summed E-state index contributed by atoms with van der Waals surface area (Å²) in [5, 5.41) is 15.3. The molecule has 2 aliphatic heterocycles. The maximum atomic E-state index is 13.5. The van der Waals surface area contributed by atoms with Gasteiger partial charge in [0.05, 0.1) is 6.07 Å². The minimum atomic E-state index is -3.16. The molecular weight excluding hydrogens is 396 g/mol. The van der Waals surface area contributed by atoms with Gasteiger partial charge in [-0.2, -0.15) is 5.26 Å². The fourth-order valence-electron chi connectivity index (χ4n) is 4.31. The highest BCUT2D eigenvalue weighted by atomic mass is 19.3. The highest BCUT2D eigenvalue weighted by Gasteiger charge is 2.47. The lowest BCUT2D eigenvalue weighted by molar-refractivity contribution is -0.155. The van der Waals surface area contributed by atoms with Crippen LogP contribution in [0, 0.1) is 16.7 Å². The molecule has 2 saturated heterocycles. The Labute approximate surface area is 175 Å². The minimum Gasteiger partial charge on any atom is -0.351 e. The van der Waals surface area contributed by atoms with Gasteiger partial charge in [-0.3, -0.25) is 4.79 Å². The van der Waals surface area contributed by atoms with Gasteiger partial charge in [0.2, 0.25) is 11.8 Å². The molecular formula is C20H31F2N5O3. The van der Waals surface area contributed by atoms with Gasteiger partial charge >= 0.3 is 6.09 Å². The Morgan fingerprint density at radius 1 is 1.23 bits per heavy atom. The van der Waals surface area contributed by atoms with Crippen molar-refractivity contribution in [3.8, 4) is 6.07 Å². The topological polar surface area (TPSA) is 97.7 Å². The fraction of sp³-hybridized carbons (Fsp3) is 0.850. The smallest absolute Gasteiger partial charge is 0.351 e. The number of halogens is 2. The molecule has 2 heterocycles. The van der Waals surface area contributed by atoms with Crippen molar-refractivity contribution in [2.24, 2.45) is 5.41 Å². The summed E-state index contributed by atoms with van der Waals surface area (Å²) >= 11 is 0. The summed E-state index contributed by atoms with van der Waals surface area (Å²) in [6.07, 6.45) is 2.08. The molecule has 0 aromatic carbocycles. The average molecular weight is 427 g/mol. The van der Waals surface area contributed by atoms with Gasteiger partial charge in [0.25, 0.3) is 0 Å². The summed E-state index contributed by atoms with van der Waals surface area (Å²) in [5.74, 6) is -3.96. The van der Waals surface area contributed by atoms with E-state index in [0.717, 1.165) is 38.9 Å². The van der Waals surface area contributed by atoms with E-state index in [0.29, 0.717) is 32.9 Å². The van der Waals surface area contributed by atoms with Gasteiger partial charge in [-0.15, -0.1) is 5.06 Å². The molecule has 1 atom stereocenters. The number of hydrogen-bond donors (Lipinski definition) is 2. The summed E-state index contributed by atoms with van der Waals surface area (Å²) in [6.45, 7) is 7.22. The van der Waals surface area contributed by atoms with E-state index in [9.17, 15) is 18.4 Å². The van der Waals surface area contributed by atoms with Crippen LogP contribution < -0.4 is 10.6 Å². The van der Waals surface area contributed by atoms with Gasteiger partial charge in [0.15, 0.2) is 0 Å². The molecule has 10 heteroatoms. The van der Waals surface area contributed by atoms with Crippen molar-refractivity contribution < 1.29 is 23.2 Å². The third-order valence-corrected chi connectivity index (χ3v) is 6.15.